The fraction of sp³-hybridized carbons (Fsp3) is 0.0526. The minimum atomic E-state index is -0.853. The second-order valence-electron chi connectivity index (χ2n) is 5.41. The number of anilines is 1. The molecular formula is C19H15F2N3O2. The van der Waals surface area contributed by atoms with Crippen LogP contribution in [0.1, 0.15) is 15.9 Å². The maximum atomic E-state index is 13.7. The molecule has 3 aromatic rings. The number of benzene rings is 2. The van der Waals surface area contributed by atoms with Gasteiger partial charge in [0.05, 0.1) is 5.69 Å². The predicted octanol–water partition coefficient (Wildman–Crippen LogP) is 3.86. The molecule has 26 heavy (non-hydrogen) atoms. The maximum Gasteiger partial charge on any atom is 0.255 e. The van der Waals surface area contributed by atoms with Gasteiger partial charge in [0.2, 0.25) is 5.88 Å². The first-order chi connectivity index (χ1) is 12.5. The average Bonchev–Trinajstić information content (AvgIpc) is 2.64. The van der Waals surface area contributed by atoms with Crippen LogP contribution in [0.15, 0.2) is 60.8 Å². The molecule has 0 aliphatic rings. The second kappa shape index (κ2) is 7.71. The van der Waals surface area contributed by atoms with E-state index in [1.807, 2.05) is 0 Å². The summed E-state index contributed by atoms with van der Waals surface area (Å²) in [6.07, 6.45) is 1.57. The molecule has 0 bridgehead atoms. The van der Waals surface area contributed by atoms with Crippen LogP contribution in [0, 0.1) is 11.6 Å². The van der Waals surface area contributed by atoms with Crippen LogP contribution in [0.4, 0.5) is 14.5 Å². The van der Waals surface area contributed by atoms with Crippen LogP contribution in [0.3, 0.4) is 0 Å². The molecule has 0 atom stereocenters. The summed E-state index contributed by atoms with van der Waals surface area (Å²) in [5.74, 6) is -1.39. The number of hydrogen-bond donors (Lipinski definition) is 2. The number of pyridine rings is 1. The zero-order chi connectivity index (χ0) is 18.5. The largest absolute Gasteiger partial charge is 0.439 e. The van der Waals surface area contributed by atoms with Crippen molar-refractivity contribution < 1.29 is 18.3 Å². The Labute approximate surface area is 148 Å². The van der Waals surface area contributed by atoms with Gasteiger partial charge in [-0.1, -0.05) is 6.07 Å². The molecule has 7 heteroatoms. The Morgan fingerprint density at radius 1 is 1.12 bits per heavy atom. The molecule has 0 spiro atoms. The quantitative estimate of drug-likeness (QED) is 0.728. The van der Waals surface area contributed by atoms with Gasteiger partial charge in [0, 0.05) is 30.4 Å². The molecule has 0 radical (unpaired) electrons. The molecule has 1 amide bonds. The van der Waals surface area contributed by atoms with Crippen LogP contribution in [0.5, 0.6) is 11.6 Å². The van der Waals surface area contributed by atoms with Crippen molar-refractivity contribution in [2.75, 3.05) is 5.32 Å². The Morgan fingerprint density at radius 3 is 2.73 bits per heavy atom. The molecule has 0 saturated carbocycles. The first-order valence-corrected chi connectivity index (χ1v) is 7.74. The molecular weight excluding hydrogens is 340 g/mol. The van der Waals surface area contributed by atoms with Gasteiger partial charge in [-0.2, -0.15) is 0 Å². The molecule has 3 rings (SSSR count). The highest BCUT2D eigenvalue weighted by molar-refractivity contribution is 6.04. The number of hydrogen-bond acceptors (Lipinski definition) is 4. The van der Waals surface area contributed by atoms with Gasteiger partial charge in [0.1, 0.15) is 17.4 Å². The van der Waals surface area contributed by atoms with Crippen molar-refractivity contribution in [1.29, 1.82) is 0 Å². The molecule has 3 N–H and O–H groups in total. The van der Waals surface area contributed by atoms with E-state index in [0.29, 0.717) is 24.2 Å². The third-order valence-electron chi connectivity index (χ3n) is 3.53. The highest BCUT2D eigenvalue weighted by Gasteiger charge is 2.11. The summed E-state index contributed by atoms with van der Waals surface area (Å²) >= 11 is 0. The number of rotatable bonds is 5. The maximum absolute atomic E-state index is 13.7. The van der Waals surface area contributed by atoms with Gasteiger partial charge in [0.25, 0.3) is 5.91 Å². The first-order valence-electron chi connectivity index (χ1n) is 7.74. The minimum Gasteiger partial charge on any atom is -0.439 e. The first kappa shape index (κ1) is 17.5. The van der Waals surface area contributed by atoms with E-state index in [4.69, 9.17) is 10.5 Å². The normalized spacial score (nSPS) is 10.4. The van der Waals surface area contributed by atoms with E-state index in [2.05, 4.69) is 10.3 Å². The molecule has 0 aliphatic heterocycles. The summed E-state index contributed by atoms with van der Waals surface area (Å²) in [6, 6.07) is 12.7. The van der Waals surface area contributed by atoms with Crippen molar-refractivity contribution in [1.82, 2.24) is 4.98 Å². The lowest BCUT2D eigenvalue weighted by atomic mass is 10.2. The Bertz CT molecular complexity index is 948. The van der Waals surface area contributed by atoms with Crippen molar-refractivity contribution in [3.8, 4) is 11.6 Å². The van der Waals surface area contributed by atoms with Gasteiger partial charge in [-0.15, -0.1) is 0 Å². The average molecular weight is 355 g/mol. The van der Waals surface area contributed by atoms with Gasteiger partial charge in [-0.25, -0.2) is 13.8 Å². The number of nitrogens with zero attached hydrogens (tertiary/aromatic N) is 1. The molecule has 0 unspecified atom stereocenters. The summed E-state index contributed by atoms with van der Waals surface area (Å²) in [6.45, 7) is 0.352. The second-order valence-corrected chi connectivity index (χ2v) is 5.41. The van der Waals surface area contributed by atoms with E-state index in [0.717, 1.165) is 17.7 Å². The summed E-state index contributed by atoms with van der Waals surface area (Å²) in [5, 5.41) is 2.39. The third kappa shape index (κ3) is 4.20. The van der Waals surface area contributed by atoms with Crippen molar-refractivity contribution in [2.45, 2.75) is 6.54 Å². The van der Waals surface area contributed by atoms with Crippen molar-refractivity contribution in [2.24, 2.45) is 5.73 Å². The third-order valence-corrected chi connectivity index (χ3v) is 3.53. The summed E-state index contributed by atoms with van der Waals surface area (Å²) in [5.41, 5.74) is 6.58. The fourth-order valence-electron chi connectivity index (χ4n) is 2.24. The topological polar surface area (TPSA) is 77.2 Å². The highest BCUT2D eigenvalue weighted by atomic mass is 19.1. The lowest BCUT2D eigenvalue weighted by Crippen LogP contribution is -2.13. The standard InChI is InChI=1S/C19H15F2N3O2/c20-14-4-5-17(16(21)10-14)24-19(25)13-2-1-3-15(9-13)26-18-8-12(11-22)6-7-23-18/h1-10H,11,22H2,(H,24,25). The Morgan fingerprint density at radius 2 is 1.96 bits per heavy atom. The molecule has 0 aliphatic carbocycles. The van der Waals surface area contributed by atoms with E-state index >= 15 is 0 Å². The van der Waals surface area contributed by atoms with E-state index < -0.39 is 17.5 Å². The van der Waals surface area contributed by atoms with E-state index in [9.17, 15) is 13.6 Å². The molecule has 1 aromatic heterocycles. The zero-order valence-electron chi connectivity index (χ0n) is 13.6. The minimum absolute atomic E-state index is 0.111. The smallest absolute Gasteiger partial charge is 0.255 e. The lowest BCUT2D eigenvalue weighted by Gasteiger charge is -2.09. The summed E-state index contributed by atoms with van der Waals surface area (Å²) in [4.78, 5) is 16.4. The monoisotopic (exact) mass is 355 g/mol. The van der Waals surface area contributed by atoms with E-state index in [1.54, 1.807) is 36.5 Å². The molecule has 1 heterocycles. The van der Waals surface area contributed by atoms with Gasteiger partial charge in [-0.3, -0.25) is 4.79 Å². The molecule has 5 nitrogen and oxygen atoms in total. The molecule has 0 saturated heterocycles. The summed E-state index contributed by atoms with van der Waals surface area (Å²) in [7, 11) is 0. The fourth-order valence-corrected chi connectivity index (χ4v) is 2.24. The van der Waals surface area contributed by atoms with E-state index in [1.165, 1.54) is 6.07 Å². The highest BCUT2D eigenvalue weighted by Crippen LogP contribution is 2.22. The Kier molecular flexibility index (Phi) is 5.19. The van der Waals surface area contributed by atoms with Gasteiger partial charge in [0.15, 0.2) is 0 Å². The van der Waals surface area contributed by atoms with Crippen LogP contribution < -0.4 is 15.8 Å². The molecule has 0 fully saturated rings. The Hall–Kier alpha value is -3.32. The van der Waals surface area contributed by atoms with Crippen LogP contribution >= 0.6 is 0 Å². The van der Waals surface area contributed by atoms with Crippen LogP contribution in [-0.2, 0) is 6.54 Å². The number of amides is 1. The van der Waals surface area contributed by atoms with Gasteiger partial charge < -0.3 is 15.8 Å². The van der Waals surface area contributed by atoms with Gasteiger partial charge >= 0.3 is 0 Å². The van der Waals surface area contributed by atoms with Crippen LogP contribution in [0.25, 0.3) is 0 Å². The van der Waals surface area contributed by atoms with Crippen LogP contribution in [-0.4, -0.2) is 10.9 Å². The Balaban J connectivity index is 1.76. The molecule has 2 aromatic carbocycles. The van der Waals surface area contributed by atoms with Crippen molar-refractivity contribution in [3.63, 3.8) is 0 Å². The SMILES string of the molecule is NCc1ccnc(Oc2cccc(C(=O)Nc3ccc(F)cc3F)c2)c1. The van der Waals surface area contributed by atoms with E-state index in [-0.39, 0.29) is 11.3 Å². The number of aromatic nitrogens is 1. The zero-order valence-corrected chi connectivity index (χ0v) is 13.6. The van der Waals surface area contributed by atoms with Gasteiger partial charge in [-0.05, 0) is 42.0 Å². The number of ether oxygens (including phenoxy) is 1. The number of carbonyl (C=O) groups excluding carboxylic acids is 1. The predicted molar refractivity (Wildman–Crippen MR) is 93.0 cm³/mol. The van der Waals surface area contributed by atoms with Crippen LogP contribution in [0.2, 0.25) is 0 Å². The number of nitrogens with two attached hydrogens (primary N) is 1. The van der Waals surface area contributed by atoms with Crippen molar-refractivity contribution in [3.05, 3.63) is 83.6 Å². The lowest BCUT2D eigenvalue weighted by molar-refractivity contribution is 0.102. The molecule has 132 valence electrons. The number of halogens is 2. The number of nitrogens with one attached hydrogen (secondary N) is 1. The van der Waals surface area contributed by atoms with Crippen molar-refractivity contribution >= 4 is 11.6 Å². The summed E-state index contributed by atoms with van der Waals surface area (Å²) < 4.78 is 32.2. The number of carbonyl (C=O) groups is 1.